The Kier molecular flexibility index (Phi) is 8.22. The Balaban J connectivity index is 2.34. The lowest BCUT2D eigenvalue weighted by atomic mass is 10.1. The first-order valence-electron chi connectivity index (χ1n) is 7.75. The van der Waals surface area contributed by atoms with Crippen molar-refractivity contribution in [2.45, 2.75) is 19.4 Å². The van der Waals surface area contributed by atoms with Crippen LogP contribution in [0.25, 0.3) is 0 Å². The fourth-order valence-electron chi connectivity index (χ4n) is 2.00. The van der Waals surface area contributed by atoms with Crippen LogP contribution in [-0.4, -0.2) is 27.8 Å². The van der Waals surface area contributed by atoms with Gasteiger partial charge < -0.3 is 10.4 Å². The Bertz CT molecular complexity index is 844. The van der Waals surface area contributed by atoms with Crippen LogP contribution in [0.2, 0.25) is 5.02 Å². The summed E-state index contributed by atoms with van der Waals surface area (Å²) in [6.45, 7) is 1.60. The van der Waals surface area contributed by atoms with E-state index in [0.717, 1.165) is 15.7 Å². The molecule has 0 saturated heterocycles. The molecule has 27 heavy (non-hydrogen) atoms. The molecule has 1 atom stereocenters. The number of aliphatic hydroxyl groups excluding tert-OH is 1. The number of carbonyl (C=O) groups is 1. The van der Waals surface area contributed by atoms with Crippen LogP contribution < -0.4 is 5.32 Å². The summed E-state index contributed by atoms with van der Waals surface area (Å²) >= 11 is 11.1. The molecular weight excluding hydrogens is 560 g/mol. The molecule has 0 aliphatic rings. The van der Waals surface area contributed by atoms with E-state index in [9.17, 15) is 18.7 Å². The topological polar surface area (TPSA) is 61.8 Å². The second-order valence-corrected chi connectivity index (χ2v) is 7.74. The van der Waals surface area contributed by atoms with Gasteiger partial charge in [0.05, 0.1) is 44.2 Å². The van der Waals surface area contributed by atoms with Crippen LogP contribution in [0, 0.1) is 15.2 Å². The molecule has 0 aliphatic carbocycles. The van der Waals surface area contributed by atoms with E-state index >= 15 is 0 Å². The highest BCUT2D eigenvalue weighted by molar-refractivity contribution is 14.1. The van der Waals surface area contributed by atoms with Crippen molar-refractivity contribution in [3.8, 4) is 0 Å². The van der Waals surface area contributed by atoms with Gasteiger partial charge in [0.1, 0.15) is 6.61 Å². The summed E-state index contributed by atoms with van der Waals surface area (Å²) < 4.78 is 29.7. The zero-order chi connectivity index (χ0) is 20.1. The molecule has 146 valence electrons. The average Bonchev–Trinajstić information content (AvgIpc) is 2.64. The molecule has 1 amide bonds. The SMILES string of the molecule is CCC(O)CON(Br)C(=O)c1ccc(F)c(F)c1Nc1ccc(I)cc1Cl. The van der Waals surface area contributed by atoms with E-state index in [0.29, 0.717) is 16.2 Å². The van der Waals surface area contributed by atoms with Gasteiger partial charge in [-0.25, -0.2) is 8.78 Å². The molecule has 10 heteroatoms. The van der Waals surface area contributed by atoms with Crippen LogP contribution in [0.4, 0.5) is 20.2 Å². The number of amides is 1. The normalized spacial score (nSPS) is 12.0. The number of halogens is 5. The number of nitrogens with one attached hydrogen (secondary N) is 1. The van der Waals surface area contributed by atoms with E-state index in [1.165, 1.54) is 0 Å². The lowest BCUT2D eigenvalue weighted by Crippen LogP contribution is -2.27. The Morgan fingerprint density at radius 1 is 1.41 bits per heavy atom. The third-order valence-corrected chi connectivity index (χ3v) is 5.04. The monoisotopic (exact) mass is 574 g/mol. The highest BCUT2D eigenvalue weighted by atomic mass is 127. The number of aliphatic hydroxyl groups is 1. The first-order valence-corrected chi connectivity index (χ1v) is 9.92. The van der Waals surface area contributed by atoms with E-state index in [2.05, 4.69) is 44.1 Å². The van der Waals surface area contributed by atoms with Crippen LogP contribution in [0.5, 0.6) is 0 Å². The zero-order valence-electron chi connectivity index (χ0n) is 14.0. The molecule has 0 spiro atoms. The standard InChI is InChI=1S/C17H15BrClF2IN2O3/c1-2-10(25)8-27-24(18)17(26)11-4-5-13(20)15(21)16(11)23-14-6-3-9(22)7-12(14)19/h3-7,10,23,25H,2,8H2,1H3. The van der Waals surface area contributed by atoms with Gasteiger partial charge in [0, 0.05) is 3.57 Å². The molecule has 2 rings (SSSR count). The van der Waals surface area contributed by atoms with Crippen molar-refractivity contribution in [1.29, 1.82) is 0 Å². The molecule has 0 aromatic heterocycles. The van der Waals surface area contributed by atoms with E-state index in [1.807, 2.05) is 0 Å². The number of hydroxylamine groups is 1. The van der Waals surface area contributed by atoms with E-state index < -0.39 is 23.6 Å². The predicted octanol–water partition coefficient (Wildman–Crippen LogP) is 5.42. The summed E-state index contributed by atoms with van der Waals surface area (Å²) in [7, 11) is 0. The van der Waals surface area contributed by atoms with Gasteiger partial charge in [0.25, 0.3) is 5.91 Å². The maximum Gasteiger partial charge on any atom is 0.290 e. The van der Waals surface area contributed by atoms with Crippen molar-refractivity contribution >= 4 is 67.6 Å². The Morgan fingerprint density at radius 2 is 2.11 bits per heavy atom. The Morgan fingerprint density at radius 3 is 2.74 bits per heavy atom. The van der Waals surface area contributed by atoms with Gasteiger partial charge in [-0.3, -0.25) is 9.63 Å². The molecule has 2 aromatic rings. The van der Waals surface area contributed by atoms with E-state index in [4.69, 9.17) is 16.4 Å². The molecule has 0 bridgehead atoms. The second-order valence-electron chi connectivity index (χ2n) is 5.44. The third kappa shape index (κ3) is 5.74. The zero-order valence-corrected chi connectivity index (χ0v) is 18.5. The molecule has 0 saturated carbocycles. The first-order chi connectivity index (χ1) is 12.7. The lowest BCUT2D eigenvalue weighted by Gasteiger charge is -2.19. The number of hydrogen-bond acceptors (Lipinski definition) is 4. The number of nitrogens with zero attached hydrogens (tertiary/aromatic N) is 1. The van der Waals surface area contributed by atoms with Crippen molar-refractivity contribution in [2.75, 3.05) is 11.9 Å². The minimum absolute atomic E-state index is 0.150. The van der Waals surface area contributed by atoms with Gasteiger partial charge in [0.15, 0.2) is 11.6 Å². The maximum atomic E-state index is 14.4. The molecule has 0 aliphatic heterocycles. The number of hydrogen-bond donors (Lipinski definition) is 2. The second kappa shape index (κ2) is 9.97. The summed E-state index contributed by atoms with van der Waals surface area (Å²) in [4.78, 5) is 17.7. The fraction of sp³-hybridized carbons (Fsp3) is 0.235. The molecule has 0 fully saturated rings. The number of carbonyl (C=O) groups excluding carboxylic acids is 1. The van der Waals surface area contributed by atoms with Crippen molar-refractivity contribution in [2.24, 2.45) is 0 Å². The smallest absolute Gasteiger partial charge is 0.290 e. The van der Waals surface area contributed by atoms with Crippen LogP contribution in [-0.2, 0) is 4.84 Å². The van der Waals surface area contributed by atoms with Gasteiger partial charge in [-0.05, 0) is 59.3 Å². The quantitative estimate of drug-likeness (QED) is 0.263. The van der Waals surface area contributed by atoms with Crippen LogP contribution >= 0.6 is 50.3 Å². The number of rotatable bonds is 7. The summed E-state index contributed by atoms with van der Waals surface area (Å²) in [5, 5.41) is 12.5. The fourth-order valence-corrected chi connectivity index (χ4v) is 3.21. The summed E-state index contributed by atoms with van der Waals surface area (Å²) in [6.07, 6.45) is -0.343. The minimum atomic E-state index is -1.23. The summed E-state index contributed by atoms with van der Waals surface area (Å²) in [5.74, 6) is -3.15. The average molecular weight is 576 g/mol. The van der Waals surface area contributed by atoms with Crippen molar-refractivity contribution in [1.82, 2.24) is 4.09 Å². The van der Waals surface area contributed by atoms with Crippen molar-refractivity contribution in [3.63, 3.8) is 0 Å². The van der Waals surface area contributed by atoms with Crippen LogP contribution in [0.15, 0.2) is 30.3 Å². The van der Waals surface area contributed by atoms with Gasteiger partial charge in [-0.1, -0.05) is 18.5 Å². The van der Waals surface area contributed by atoms with Gasteiger partial charge in [0.2, 0.25) is 0 Å². The van der Waals surface area contributed by atoms with Crippen molar-refractivity contribution < 1.29 is 23.5 Å². The van der Waals surface area contributed by atoms with Gasteiger partial charge in [-0.2, -0.15) is 0 Å². The van der Waals surface area contributed by atoms with Gasteiger partial charge >= 0.3 is 0 Å². The first kappa shape index (κ1) is 22.3. The molecule has 5 nitrogen and oxygen atoms in total. The highest BCUT2D eigenvalue weighted by Crippen LogP contribution is 2.32. The number of benzene rings is 2. The van der Waals surface area contributed by atoms with E-state index in [1.54, 1.807) is 25.1 Å². The molecule has 1 unspecified atom stereocenters. The number of anilines is 2. The Hall–Kier alpha value is -1.01. The van der Waals surface area contributed by atoms with Crippen LogP contribution in [0.3, 0.4) is 0 Å². The molecule has 0 radical (unpaired) electrons. The van der Waals surface area contributed by atoms with E-state index in [-0.39, 0.29) is 22.9 Å². The molecule has 2 aromatic carbocycles. The third-order valence-electron chi connectivity index (χ3n) is 3.53. The Labute approximate surface area is 182 Å². The molecular formula is C17H15BrClF2IN2O3. The predicted molar refractivity (Wildman–Crippen MR) is 111 cm³/mol. The maximum absolute atomic E-state index is 14.4. The highest BCUT2D eigenvalue weighted by Gasteiger charge is 2.24. The van der Waals surface area contributed by atoms with Crippen molar-refractivity contribution in [3.05, 3.63) is 56.1 Å². The molecule has 2 N–H and O–H groups in total. The molecule has 0 heterocycles. The van der Waals surface area contributed by atoms with Gasteiger partial charge in [-0.15, -0.1) is 4.09 Å². The largest absolute Gasteiger partial charge is 0.391 e. The minimum Gasteiger partial charge on any atom is -0.391 e. The lowest BCUT2D eigenvalue weighted by molar-refractivity contribution is -0.0790. The van der Waals surface area contributed by atoms with Crippen LogP contribution in [0.1, 0.15) is 23.7 Å². The summed E-state index contributed by atoms with van der Waals surface area (Å²) in [6, 6.07) is 6.90. The summed E-state index contributed by atoms with van der Waals surface area (Å²) in [5.41, 5.74) is -0.266.